The molecule has 1 aromatic heterocycles. The van der Waals surface area contributed by atoms with Gasteiger partial charge in [-0.05, 0) is 74.6 Å². The maximum Gasteiger partial charge on any atom is 0.224 e. The fourth-order valence-corrected chi connectivity index (χ4v) is 4.68. The molecule has 0 aliphatic carbocycles. The van der Waals surface area contributed by atoms with Gasteiger partial charge in [0.2, 0.25) is 5.91 Å². The van der Waals surface area contributed by atoms with Crippen LogP contribution in [0.3, 0.4) is 0 Å². The van der Waals surface area contributed by atoms with Crippen molar-refractivity contribution in [2.75, 3.05) is 26.2 Å². The lowest BCUT2D eigenvalue weighted by Crippen LogP contribution is -2.50. The van der Waals surface area contributed by atoms with Crippen LogP contribution in [0.1, 0.15) is 36.8 Å². The second-order valence-electron chi connectivity index (χ2n) is 8.55. The molecule has 0 saturated carbocycles. The Labute approximate surface area is 178 Å². The fourth-order valence-electron chi connectivity index (χ4n) is 4.68. The van der Waals surface area contributed by atoms with Crippen LogP contribution in [-0.4, -0.2) is 52.9 Å². The molecule has 1 N–H and O–H groups in total. The summed E-state index contributed by atoms with van der Waals surface area (Å²) in [5, 5.41) is 3.09. The van der Waals surface area contributed by atoms with Crippen LogP contribution in [0.15, 0.2) is 48.8 Å². The van der Waals surface area contributed by atoms with Gasteiger partial charge in [0.25, 0.3) is 0 Å². The van der Waals surface area contributed by atoms with Gasteiger partial charge in [-0.3, -0.25) is 19.6 Å². The number of pyridine rings is 1. The number of hydrogen-bond acceptors (Lipinski definition) is 4. The van der Waals surface area contributed by atoms with E-state index in [2.05, 4.69) is 20.1 Å². The van der Waals surface area contributed by atoms with Crippen LogP contribution in [0.5, 0.6) is 0 Å². The first-order valence-corrected chi connectivity index (χ1v) is 11.0. The van der Waals surface area contributed by atoms with Crippen LogP contribution >= 0.6 is 0 Å². The molecule has 160 valence electrons. The molecule has 0 spiro atoms. The van der Waals surface area contributed by atoms with Crippen molar-refractivity contribution >= 4 is 5.91 Å². The van der Waals surface area contributed by atoms with E-state index in [1.807, 2.05) is 24.3 Å². The Morgan fingerprint density at radius 3 is 2.60 bits per heavy atom. The average molecular weight is 411 g/mol. The quantitative estimate of drug-likeness (QED) is 0.795. The largest absolute Gasteiger partial charge is 0.352 e. The minimum Gasteiger partial charge on any atom is -0.352 e. The molecular weight excluding hydrogens is 379 g/mol. The van der Waals surface area contributed by atoms with Gasteiger partial charge >= 0.3 is 0 Å². The van der Waals surface area contributed by atoms with E-state index in [9.17, 15) is 9.18 Å². The number of aromatic nitrogens is 1. The lowest BCUT2D eigenvalue weighted by Gasteiger charge is -2.42. The zero-order valence-corrected chi connectivity index (χ0v) is 17.5. The number of likely N-dealkylation sites (tertiary alicyclic amines) is 2. The molecule has 4 rings (SSSR count). The highest BCUT2D eigenvalue weighted by atomic mass is 19.1. The van der Waals surface area contributed by atoms with Crippen molar-refractivity contribution in [3.63, 3.8) is 0 Å². The first-order chi connectivity index (χ1) is 14.7. The second kappa shape index (κ2) is 10.1. The first kappa shape index (κ1) is 20.9. The number of carbonyl (C=O) groups excluding carboxylic acids is 1. The number of piperidine rings is 2. The van der Waals surface area contributed by atoms with Crippen molar-refractivity contribution in [1.82, 2.24) is 20.1 Å². The summed E-state index contributed by atoms with van der Waals surface area (Å²) in [6.45, 7) is 5.49. The Balaban J connectivity index is 1.23. The van der Waals surface area contributed by atoms with Crippen LogP contribution in [0.4, 0.5) is 4.39 Å². The molecule has 2 saturated heterocycles. The third kappa shape index (κ3) is 5.64. The zero-order valence-electron chi connectivity index (χ0n) is 17.5. The zero-order chi connectivity index (χ0) is 20.8. The molecule has 0 unspecified atom stereocenters. The summed E-state index contributed by atoms with van der Waals surface area (Å²) in [6, 6.07) is 11.3. The van der Waals surface area contributed by atoms with Crippen LogP contribution in [0.25, 0.3) is 0 Å². The third-order valence-electron chi connectivity index (χ3n) is 6.41. The van der Waals surface area contributed by atoms with Gasteiger partial charge in [0.05, 0.1) is 5.92 Å². The normalized spacial score (nSPS) is 21.4. The summed E-state index contributed by atoms with van der Waals surface area (Å²) in [4.78, 5) is 21.8. The lowest BCUT2D eigenvalue weighted by molar-refractivity contribution is -0.127. The Kier molecular flexibility index (Phi) is 7.07. The Bertz CT molecular complexity index is 806. The van der Waals surface area contributed by atoms with E-state index in [0.717, 1.165) is 69.5 Å². The van der Waals surface area contributed by atoms with Crippen LogP contribution in [0.2, 0.25) is 0 Å². The number of benzene rings is 1. The number of hydrogen-bond donors (Lipinski definition) is 1. The topological polar surface area (TPSA) is 48.5 Å². The van der Waals surface area contributed by atoms with Crippen molar-refractivity contribution in [2.45, 2.75) is 44.8 Å². The number of halogens is 1. The highest BCUT2D eigenvalue weighted by molar-refractivity contribution is 5.78. The molecule has 6 heteroatoms. The molecular formula is C24H31FN4O. The van der Waals surface area contributed by atoms with Crippen LogP contribution in [-0.2, 0) is 17.9 Å². The number of rotatable bonds is 6. The Hall–Kier alpha value is -2.31. The highest BCUT2D eigenvalue weighted by Crippen LogP contribution is 2.25. The number of nitrogens with zero attached hydrogens (tertiary/aromatic N) is 3. The summed E-state index contributed by atoms with van der Waals surface area (Å²) < 4.78 is 13.1. The van der Waals surface area contributed by atoms with Crippen LogP contribution < -0.4 is 5.32 Å². The fraction of sp³-hybridized carbons (Fsp3) is 0.500. The number of amides is 1. The minimum absolute atomic E-state index is 0.0765. The maximum atomic E-state index is 13.1. The second-order valence-corrected chi connectivity index (χ2v) is 8.55. The van der Waals surface area contributed by atoms with Gasteiger partial charge in [-0.2, -0.15) is 0 Å². The van der Waals surface area contributed by atoms with Gasteiger partial charge in [-0.25, -0.2) is 4.39 Å². The van der Waals surface area contributed by atoms with E-state index < -0.39 is 0 Å². The van der Waals surface area contributed by atoms with Crippen molar-refractivity contribution in [1.29, 1.82) is 0 Å². The lowest BCUT2D eigenvalue weighted by atomic mass is 9.93. The van der Waals surface area contributed by atoms with E-state index in [1.54, 1.807) is 12.4 Å². The maximum absolute atomic E-state index is 13.1. The Morgan fingerprint density at radius 2 is 1.87 bits per heavy atom. The summed E-state index contributed by atoms with van der Waals surface area (Å²) in [6.07, 6.45) is 7.86. The van der Waals surface area contributed by atoms with E-state index in [1.165, 1.54) is 12.1 Å². The number of carbonyl (C=O) groups is 1. The SMILES string of the molecule is O=C(NCc1cccnc1)[C@@H]1CCCN(C2CCN(Cc3ccc(F)cc3)CC2)C1. The molecule has 3 heterocycles. The summed E-state index contributed by atoms with van der Waals surface area (Å²) in [7, 11) is 0. The molecule has 2 aliphatic rings. The van der Waals surface area contributed by atoms with E-state index in [4.69, 9.17) is 0 Å². The molecule has 1 amide bonds. The van der Waals surface area contributed by atoms with Gasteiger partial charge < -0.3 is 5.32 Å². The van der Waals surface area contributed by atoms with Crippen LogP contribution in [0, 0.1) is 11.7 Å². The standard InChI is InChI=1S/C24H31FN4O/c25-22-7-5-19(6-8-22)17-28-13-9-23(10-14-28)29-12-2-4-21(18-29)24(30)27-16-20-3-1-11-26-15-20/h1,3,5-8,11,15,21,23H,2,4,9-10,12-14,16-18H2,(H,27,30)/t21-/m1/s1. The van der Waals surface area contributed by atoms with Crippen molar-refractivity contribution in [3.05, 3.63) is 65.7 Å². The van der Waals surface area contributed by atoms with E-state index in [0.29, 0.717) is 12.6 Å². The summed E-state index contributed by atoms with van der Waals surface area (Å²) in [5.41, 5.74) is 2.20. The number of nitrogens with one attached hydrogen (secondary N) is 1. The summed E-state index contributed by atoms with van der Waals surface area (Å²) in [5.74, 6) is 0.0616. The monoisotopic (exact) mass is 410 g/mol. The molecule has 2 aromatic rings. The molecule has 2 aliphatic heterocycles. The smallest absolute Gasteiger partial charge is 0.224 e. The van der Waals surface area contributed by atoms with Crippen molar-refractivity contribution in [3.8, 4) is 0 Å². The summed E-state index contributed by atoms with van der Waals surface area (Å²) >= 11 is 0. The highest BCUT2D eigenvalue weighted by Gasteiger charge is 2.31. The predicted molar refractivity (Wildman–Crippen MR) is 115 cm³/mol. The Morgan fingerprint density at radius 1 is 1.07 bits per heavy atom. The minimum atomic E-state index is -0.179. The molecule has 1 aromatic carbocycles. The van der Waals surface area contributed by atoms with E-state index >= 15 is 0 Å². The van der Waals surface area contributed by atoms with Crippen molar-refractivity contribution < 1.29 is 9.18 Å². The van der Waals surface area contributed by atoms with Gasteiger partial charge in [-0.15, -0.1) is 0 Å². The molecule has 0 radical (unpaired) electrons. The van der Waals surface area contributed by atoms with Gasteiger partial charge in [0.15, 0.2) is 0 Å². The molecule has 0 bridgehead atoms. The molecule has 30 heavy (non-hydrogen) atoms. The van der Waals surface area contributed by atoms with Gasteiger partial charge in [0, 0.05) is 38.1 Å². The molecule has 5 nitrogen and oxygen atoms in total. The van der Waals surface area contributed by atoms with E-state index in [-0.39, 0.29) is 17.6 Å². The average Bonchev–Trinajstić information content (AvgIpc) is 2.80. The first-order valence-electron chi connectivity index (χ1n) is 11.0. The van der Waals surface area contributed by atoms with Gasteiger partial charge in [0.1, 0.15) is 5.82 Å². The molecule has 2 fully saturated rings. The third-order valence-corrected chi connectivity index (χ3v) is 6.41. The van der Waals surface area contributed by atoms with Crippen molar-refractivity contribution in [2.24, 2.45) is 5.92 Å². The van der Waals surface area contributed by atoms with Gasteiger partial charge in [-0.1, -0.05) is 18.2 Å². The molecule has 1 atom stereocenters. The predicted octanol–water partition coefficient (Wildman–Crippen LogP) is 3.21.